The number of hydrogen-bond donors (Lipinski definition) is 2. The van der Waals surface area contributed by atoms with Gasteiger partial charge in [-0.3, -0.25) is 0 Å². The van der Waals surface area contributed by atoms with Gasteiger partial charge in [-0.2, -0.15) is 0 Å². The minimum atomic E-state index is -0.253. The largest absolute Gasteiger partial charge is 0.508 e. The molecule has 0 unspecified atom stereocenters. The molecule has 0 radical (unpaired) electrons. The molecule has 0 heterocycles. The maximum absolute atomic E-state index is 12.2. The Morgan fingerprint density at radius 3 is 2.73 bits per heavy atom. The molecule has 2 rings (SSSR count). The number of para-hydroxylation sites is 1. The van der Waals surface area contributed by atoms with E-state index in [1.807, 2.05) is 25.1 Å². The first kappa shape index (κ1) is 15.7. The summed E-state index contributed by atoms with van der Waals surface area (Å²) in [6, 6.07) is 13.9. The van der Waals surface area contributed by atoms with E-state index in [4.69, 9.17) is 4.74 Å². The lowest BCUT2D eigenvalue weighted by molar-refractivity contribution is 0.220. The van der Waals surface area contributed by atoms with Crippen LogP contribution in [0.2, 0.25) is 0 Å². The molecule has 0 bridgehead atoms. The second-order valence-corrected chi connectivity index (χ2v) is 4.88. The highest BCUT2D eigenvalue weighted by molar-refractivity contribution is 5.89. The van der Waals surface area contributed by atoms with E-state index in [1.54, 1.807) is 37.4 Å². The van der Waals surface area contributed by atoms with E-state index in [2.05, 4.69) is 5.32 Å². The van der Waals surface area contributed by atoms with Gasteiger partial charge in [0, 0.05) is 24.4 Å². The van der Waals surface area contributed by atoms with E-state index in [0.717, 1.165) is 0 Å². The van der Waals surface area contributed by atoms with E-state index < -0.39 is 0 Å². The van der Waals surface area contributed by atoms with Gasteiger partial charge in [0.25, 0.3) is 0 Å². The van der Waals surface area contributed by atoms with Gasteiger partial charge in [0.15, 0.2) is 0 Å². The highest BCUT2D eigenvalue weighted by atomic mass is 16.5. The fourth-order valence-electron chi connectivity index (χ4n) is 2.02. The van der Waals surface area contributed by atoms with Crippen molar-refractivity contribution >= 4 is 11.7 Å². The third kappa shape index (κ3) is 4.15. The van der Waals surface area contributed by atoms with Crippen molar-refractivity contribution in [1.29, 1.82) is 0 Å². The molecule has 2 amide bonds. The zero-order valence-electron chi connectivity index (χ0n) is 12.7. The molecule has 116 valence electrons. The zero-order valence-corrected chi connectivity index (χ0v) is 12.7. The maximum atomic E-state index is 12.2. The Balaban J connectivity index is 1.99. The molecule has 2 aromatic rings. The van der Waals surface area contributed by atoms with E-state index in [0.29, 0.717) is 30.2 Å². The van der Waals surface area contributed by atoms with E-state index in [9.17, 15) is 9.90 Å². The third-order valence-electron chi connectivity index (χ3n) is 3.14. The molecule has 0 aliphatic carbocycles. The number of phenolic OH excluding ortho intramolecular Hbond substituents is 1. The number of ether oxygens (including phenoxy) is 1. The first-order valence-electron chi connectivity index (χ1n) is 7.12. The molecule has 0 atom stereocenters. The van der Waals surface area contributed by atoms with Gasteiger partial charge in [-0.25, -0.2) is 4.79 Å². The second-order valence-electron chi connectivity index (χ2n) is 4.88. The number of carbonyl (C=O) groups is 1. The topological polar surface area (TPSA) is 61.8 Å². The monoisotopic (exact) mass is 300 g/mol. The number of nitrogens with one attached hydrogen (secondary N) is 1. The molecule has 0 saturated heterocycles. The summed E-state index contributed by atoms with van der Waals surface area (Å²) in [6.45, 7) is 2.81. The highest BCUT2D eigenvalue weighted by Crippen LogP contribution is 2.19. The van der Waals surface area contributed by atoms with Crippen LogP contribution in [0.15, 0.2) is 48.5 Å². The average Bonchev–Trinajstić information content (AvgIpc) is 2.50. The van der Waals surface area contributed by atoms with Crippen molar-refractivity contribution in [2.45, 2.75) is 13.5 Å². The van der Waals surface area contributed by atoms with Gasteiger partial charge < -0.3 is 20.1 Å². The lowest BCUT2D eigenvalue weighted by Gasteiger charge is -2.19. The number of nitrogens with zero attached hydrogens (tertiary/aromatic N) is 1. The summed E-state index contributed by atoms with van der Waals surface area (Å²) in [6.07, 6.45) is 0. The Hall–Kier alpha value is -2.69. The van der Waals surface area contributed by atoms with Crippen molar-refractivity contribution in [2.75, 3.05) is 19.0 Å². The number of anilines is 1. The van der Waals surface area contributed by atoms with Crippen LogP contribution in [0, 0.1) is 0 Å². The first-order valence-corrected chi connectivity index (χ1v) is 7.12. The van der Waals surface area contributed by atoms with Crippen LogP contribution in [0.25, 0.3) is 0 Å². The smallest absolute Gasteiger partial charge is 0.321 e. The highest BCUT2D eigenvalue weighted by Gasteiger charge is 2.11. The predicted molar refractivity (Wildman–Crippen MR) is 86.2 cm³/mol. The van der Waals surface area contributed by atoms with Gasteiger partial charge in [0.1, 0.15) is 11.5 Å². The second kappa shape index (κ2) is 7.36. The number of carbonyl (C=O) groups excluding carboxylic acids is 1. The van der Waals surface area contributed by atoms with Gasteiger partial charge in [-0.15, -0.1) is 0 Å². The van der Waals surface area contributed by atoms with Crippen LogP contribution in [-0.2, 0) is 6.54 Å². The molecule has 2 aromatic carbocycles. The molecule has 0 saturated carbocycles. The molecule has 2 N–H and O–H groups in total. The first-order chi connectivity index (χ1) is 10.6. The Labute approximate surface area is 130 Å². The quantitative estimate of drug-likeness (QED) is 0.889. The minimum absolute atomic E-state index is 0.181. The number of phenols is 1. The van der Waals surface area contributed by atoms with E-state index >= 15 is 0 Å². The molecule has 0 fully saturated rings. The molecule has 0 aliphatic rings. The van der Waals surface area contributed by atoms with Crippen LogP contribution >= 0.6 is 0 Å². The lowest BCUT2D eigenvalue weighted by atomic mass is 10.2. The zero-order chi connectivity index (χ0) is 15.9. The van der Waals surface area contributed by atoms with Gasteiger partial charge in [0.2, 0.25) is 0 Å². The van der Waals surface area contributed by atoms with Crippen molar-refractivity contribution in [3.63, 3.8) is 0 Å². The Bertz CT molecular complexity index is 643. The number of rotatable bonds is 5. The van der Waals surface area contributed by atoms with E-state index in [1.165, 1.54) is 4.90 Å². The van der Waals surface area contributed by atoms with Crippen LogP contribution in [0.1, 0.15) is 12.5 Å². The third-order valence-corrected chi connectivity index (χ3v) is 3.14. The van der Waals surface area contributed by atoms with Crippen LogP contribution in [0.4, 0.5) is 10.5 Å². The van der Waals surface area contributed by atoms with Crippen molar-refractivity contribution < 1.29 is 14.6 Å². The number of amides is 2. The molecular formula is C17H20N2O3. The summed E-state index contributed by atoms with van der Waals surface area (Å²) in [4.78, 5) is 13.7. The molecule has 22 heavy (non-hydrogen) atoms. The van der Waals surface area contributed by atoms with Gasteiger partial charge in [-0.05, 0) is 25.1 Å². The molecule has 0 aromatic heterocycles. The molecule has 5 nitrogen and oxygen atoms in total. The molecular weight excluding hydrogens is 280 g/mol. The van der Waals surface area contributed by atoms with Gasteiger partial charge >= 0.3 is 6.03 Å². The molecule has 5 heteroatoms. The predicted octanol–water partition coefficient (Wildman–Crippen LogP) is 3.45. The molecule has 0 spiro atoms. The number of aromatic hydroxyl groups is 1. The van der Waals surface area contributed by atoms with Crippen molar-refractivity contribution in [2.24, 2.45) is 0 Å². The molecule has 0 aliphatic heterocycles. The summed E-state index contributed by atoms with van der Waals surface area (Å²) in [5, 5.41) is 12.6. The summed E-state index contributed by atoms with van der Waals surface area (Å²) in [5.41, 5.74) is 1.36. The van der Waals surface area contributed by atoms with Crippen molar-refractivity contribution in [1.82, 2.24) is 4.90 Å². The average molecular weight is 300 g/mol. The Kier molecular flexibility index (Phi) is 5.25. The van der Waals surface area contributed by atoms with Crippen LogP contribution < -0.4 is 10.1 Å². The number of benzene rings is 2. The summed E-state index contributed by atoms with van der Waals surface area (Å²) in [5.74, 6) is 0.893. The van der Waals surface area contributed by atoms with Crippen LogP contribution in [0.3, 0.4) is 0 Å². The number of hydrogen-bond acceptors (Lipinski definition) is 3. The maximum Gasteiger partial charge on any atom is 0.321 e. The standard InChI is InChI=1S/C17H20N2O3/c1-3-22-15-9-6-8-14(11-15)18-17(21)19(2)12-13-7-4-5-10-16(13)20/h4-11,20H,3,12H2,1-2H3,(H,18,21). The van der Waals surface area contributed by atoms with Crippen molar-refractivity contribution in [3.8, 4) is 11.5 Å². The minimum Gasteiger partial charge on any atom is -0.508 e. The summed E-state index contributed by atoms with van der Waals surface area (Å²) < 4.78 is 5.40. The normalized spacial score (nSPS) is 10.1. The lowest BCUT2D eigenvalue weighted by Crippen LogP contribution is -2.30. The SMILES string of the molecule is CCOc1cccc(NC(=O)N(C)Cc2ccccc2O)c1. The summed E-state index contributed by atoms with van der Waals surface area (Å²) in [7, 11) is 1.67. The van der Waals surface area contributed by atoms with Gasteiger partial charge in [-0.1, -0.05) is 24.3 Å². The Morgan fingerprint density at radius 2 is 2.00 bits per heavy atom. The summed E-state index contributed by atoms with van der Waals surface area (Å²) >= 11 is 0. The van der Waals surface area contributed by atoms with Crippen molar-refractivity contribution in [3.05, 3.63) is 54.1 Å². The van der Waals surface area contributed by atoms with Gasteiger partial charge in [0.05, 0.1) is 13.2 Å². The number of urea groups is 1. The van der Waals surface area contributed by atoms with E-state index in [-0.39, 0.29) is 11.8 Å². The van der Waals surface area contributed by atoms with Crippen LogP contribution in [0.5, 0.6) is 11.5 Å². The fraction of sp³-hybridized carbons (Fsp3) is 0.235. The van der Waals surface area contributed by atoms with Crippen LogP contribution in [-0.4, -0.2) is 29.7 Å². The fourth-order valence-corrected chi connectivity index (χ4v) is 2.02. The Morgan fingerprint density at radius 1 is 1.23 bits per heavy atom.